The van der Waals surface area contributed by atoms with Crippen LogP contribution in [-0.4, -0.2) is 25.6 Å². The van der Waals surface area contributed by atoms with E-state index in [1.54, 1.807) is 0 Å². The first-order valence-electron chi connectivity index (χ1n) is 6.32. The summed E-state index contributed by atoms with van der Waals surface area (Å²) in [6.45, 7) is 2.16. The summed E-state index contributed by atoms with van der Waals surface area (Å²) in [5.41, 5.74) is 1.22. The first-order valence-corrected chi connectivity index (χ1v) is 6.32. The fourth-order valence-electron chi connectivity index (χ4n) is 2.57. The van der Waals surface area contributed by atoms with Crippen LogP contribution in [0.2, 0.25) is 0 Å². The van der Waals surface area contributed by atoms with Crippen LogP contribution in [0.5, 0.6) is 0 Å². The van der Waals surface area contributed by atoms with Crippen LogP contribution in [-0.2, 0) is 20.8 Å². The van der Waals surface area contributed by atoms with Crippen LogP contribution in [0.3, 0.4) is 0 Å². The third-order valence-corrected chi connectivity index (χ3v) is 3.52. The van der Waals surface area contributed by atoms with Crippen LogP contribution in [0.25, 0.3) is 0 Å². The summed E-state index contributed by atoms with van der Waals surface area (Å²) in [6, 6.07) is 10.3. The van der Waals surface area contributed by atoms with Crippen molar-refractivity contribution < 1.29 is 14.2 Å². The van der Waals surface area contributed by atoms with E-state index in [1.165, 1.54) is 5.56 Å². The van der Waals surface area contributed by atoms with Gasteiger partial charge in [-0.05, 0) is 18.4 Å². The summed E-state index contributed by atoms with van der Waals surface area (Å²) in [4.78, 5) is 0. The molecule has 2 heterocycles. The third kappa shape index (κ3) is 2.51. The SMILES string of the molecule is c1ccc(CO[C@H]2CO[C@@H]3OCCC[C@@H]32)cc1. The quantitative estimate of drug-likeness (QED) is 0.803. The molecule has 0 saturated carbocycles. The fourth-order valence-corrected chi connectivity index (χ4v) is 2.57. The molecule has 17 heavy (non-hydrogen) atoms. The van der Waals surface area contributed by atoms with Gasteiger partial charge in [0.05, 0.1) is 19.3 Å². The molecule has 0 N–H and O–H groups in total. The Hall–Kier alpha value is -0.900. The molecule has 0 aliphatic carbocycles. The van der Waals surface area contributed by atoms with Crippen molar-refractivity contribution in [2.45, 2.75) is 31.8 Å². The van der Waals surface area contributed by atoms with Gasteiger partial charge < -0.3 is 14.2 Å². The molecular formula is C14H18O3. The highest BCUT2D eigenvalue weighted by molar-refractivity contribution is 5.13. The molecule has 3 atom stereocenters. The van der Waals surface area contributed by atoms with E-state index < -0.39 is 0 Å². The van der Waals surface area contributed by atoms with E-state index in [9.17, 15) is 0 Å². The van der Waals surface area contributed by atoms with Crippen molar-refractivity contribution in [3.63, 3.8) is 0 Å². The first-order chi connectivity index (χ1) is 8.43. The van der Waals surface area contributed by atoms with Gasteiger partial charge in [0.2, 0.25) is 0 Å². The highest BCUT2D eigenvalue weighted by Gasteiger charge is 2.40. The number of hydrogen-bond donors (Lipinski definition) is 0. The van der Waals surface area contributed by atoms with Crippen molar-refractivity contribution in [3.8, 4) is 0 Å². The Morgan fingerprint density at radius 2 is 2.06 bits per heavy atom. The summed E-state index contributed by atoms with van der Waals surface area (Å²) in [7, 11) is 0. The van der Waals surface area contributed by atoms with Gasteiger partial charge in [0.15, 0.2) is 6.29 Å². The second-order valence-corrected chi connectivity index (χ2v) is 4.71. The largest absolute Gasteiger partial charge is 0.371 e. The smallest absolute Gasteiger partial charge is 0.163 e. The lowest BCUT2D eigenvalue weighted by molar-refractivity contribution is -0.153. The predicted octanol–water partition coefficient (Wildman–Crippen LogP) is 2.35. The molecule has 3 rings (SSSR count). The molecule has 0 amide bonds. The number of benzene rings is 1. The Bertz CT molecular complexity index is 352. The van der Waals surface area contributed by atoms with Gasteiger partial charge in [0.1, 0.15) is 0 Å². The molecule has 3 nitrogen and oxygen atoms in total. The van der Waals surface area contributed by atoms with Gasteiger partial charge in [0, 0.05) is 12.5 Å². The zero-order chi connectivity index (χ0) is 11.5. The minimum atomic E-state index is -0.0236. The van der Waals surface area contributed by atoms with Crippen LogP contribution >= 0.6 is 0 Å². The van der Waals surface area contributed by atoms with Gasteiger partial charge in [-0.3, -0.25) is 0 Å². The van der Waals surface area contributed by atoms with E-state index in [4.69, 9.17) is 14.2 Å². The Morgan fingerprint density at radius 3 is 2.94 bits per heavy atom. The Labute approximate surface area is 102 Å². The zero-order valence-corrected chi connectivity index (χ0v) is 9.88. The molecule has 2 aliphatic rings. The van der Waals surface area contributed by atoms with Gasteiger partial charge >= 0.3 is 0 Å². The molecule has 2 aliphatic heterocycles. The molecule has 0 bridgehead atoms. The Kier molecular flexibility index (Phi) is 3.41. The summed E-state index contributed by atoms with van der Waals surface area (Å²) < 4.78 is 17.1. The van der Waals surface area contributed by atoms with Crippen molar-refractivity contribution in [1.82, 2.24) is 0 Å². The average molecular weight is 234 g/mol. The second-order valence-electron chi connectivity index (χ2n) is 4.71. The molecule has 1 aromatic rings. The fraction of sp³-hybridized carbons (Fsp3) is 0.571. The van der Waals surface area contributed by atoms with Gasteiger partial charge in [-0.25, -0.2) is 0 Å². The summed E-state index contributed by atoms with van der Waals surface area (Å²) in [5, 5.41) is 0. The molecule has 0 radical (unpaired) electrons. The van der Waals surface area contributed by atoms with Crippen molar-refractivity contribution >= 4 is 0 Å². The van der Waals surface area contributed by atoms with Crippen molar-refractivity contribution in [2.75, 3.05) is 13.2 Å². The first kappa shape index (κ1) is 11.2. The maximum atomic E-state index is 5.95. The normalized spacial score (nSPS) is 32.4. The number of rotatable bonds is 3. The minimum absolute atomic E-state index is 0.0236. The highest BCUT2D eigenvalue weighted by atomic mass is 16.7. The Balaban J connectivity index is 1.55. The van der Waals surface area contributed by atoms with Crippen LogP contribution in [0.1, 0.15) is 18.4 Å². The standard InChI is InChI=1S/C14H18O3/c1-2-5-11(6-3-1)9-16-13-10-17-14-12(13)7-4-8-15-14/h1-3,5-6,12-14H,4,7-10H2/t12-,13+,14+/m1/s1. The van der Waals surface area contributed by atoms with E-state index in [-0.39, 0.29) is 12.4 Å². The summed E-state index contributed by atoms with van der Waals surface area (Å²) in [6.07, 6.45) is 2.45. The molecule has 1 aromatic carbocycles. The molecule has 0 spiro atoms. The number of hydrogen-bond acceptors (Lipinski definition) is 3. The van der Waals surface area contributed by atoms with Gasteiger partial charge in [-0.1, -0.05) is 30.3 Å². The summed E-state index contributed by atoms with van der Waals surface area (Å²) in [5.74, 6) is 0.424. The van der Waals surface area contributed by atoms with Gasteiger partial charge in [-0.2, -0.15) is 0 Å². The molecule has 0 unspecified atom stereocenters. The van der Waals surface area contributed by atoms with Crippen LogP contribution in [0.15, 0.2) is 30.3 Å². The van der Waals surface area contributed by atoms with E-state index in [0.29, 0.717) is 19.1 Å². The highest BCUT2D eigenvalue weighted by Crippen LogP contribution is 2.32. The van der Waals surface area contributed by atoms with E-state index in [0.717, 1.165) is 19.4 Å². The second kappa shape index (κ2) is 5.17. The van der Waals surface area contributed by atoms with Gasteiger partial charge in [-0.15, -0.1) is 0 Å². The van der Waals surface area contributed by atoms with E-state index in [2.05, 4.69) is 12.1 Å². The zero-order valence-electron chi connectivity index (χ0n) is 9.88. The Morgan fingerprint density at radius 1 is 1.18 bits per heavy atom. The molecule has 2 fully saturated rings. The lowest BCUT2D eigenvalue weighted by Crippen LogP contribution is -2.32. The lowest BCUT2D eigenvalue weighted by atomic mass is 9.97. The number of ether oxygens (including phenoxy) is 3. The van der Waals surface area contributed by atoms with Crippen molar-refractivity contribution in [3.05, 3.63) is 35.9 Å². The molecule has 0 aromatic heterocycles. The van der Waals surface area contributed by atoms with E-state index in [1.807, 2.05) is 18.2 Å². The minimum Gasteiger partial charge on any atom is -0.371 e. The average Bonchev–Trinajstić information content (AvgIpc) is 2.81. The molecule has 3 heteroatoms. The molecular weight excluding hydrogens is 216 g/mol. The van der Waals surface area contributed by atoms with E-state index >= 15 is 0 Å². The predicted molar refractivity (Wildman–Crippen MR) is 63.4 cm³/mol. The maximum Gasteiger partial charge on any atom is 0.163 e. The van der Waals surface area contributed by atoms with Crippen LogP contribution in [0.4, 0.5) is 0 Å². The molecule has 92 valence electrons. The maximum absolute atomic E-state index is 5.95. The third-order valence-electron chi connectivity index (χ3n) is 3.52. The monoisotopic (exact) mass is 234 g/mol. The van der Waals surface area contributed by atoms with Gasteiger partial charge in [0.25, 0.3) is 0 Å². The topological polar surface area (TPSA) is 27.7 Å². The van der Waals surface area contributed by atoms with Crippen molar-refractivity contribution in [2.24, 2.45) is 5.92 Å². The molecule has 2 saturated heterocycles. The summed E-state index contributed by atoms with van der Waals surface area (Å²) >= 11 is 0. The lowest BCUT2D eigenvalue weighted by Gasteiger charge is -2.27. The van der Waals surface area contributed by atoms with Crippen LogP contribution < -0.4 is 0 Å². The van der Waals surface area contributed by atoms with Crippen LogP contribution in [0, 0.1) is 5.92 Å². The van der Waals surface area contributed by atoms with Crippen molar-refractivity contribution in [1.29, 1.82) is 0 Å². The number of fused-ring (bicyclic) bond motifs is 1.